The minimum absolute atomic E-state index is 0.144. The van der Waals surface area contributed by atoms with Crippen molar-refractivity contribution >= 4 is 5.97 Å². The van der Waals surface area contributed by atoms with Crippen LogP contribution in [0.3, 0.4) is 0 Å². The molecule has 1 atom stereocenters. The van der Waals surface area contributed by atoms with Crippen LogP contribution in [0.25, 0.3) is 0 Å². The summed E-state index contributed by atoms with van der Waals surface area (Å²) in [7, 11) is 0. The van der Waals surface area contributed by atoms with Gasteiger partial charge in [0.15, 0.2) is 0 Å². The van der Waals surface area contributed by atoms with E-state index in [9.17, 15) is 4.79 Å². The zero-order valence-electron chi connectivity index (χ0n) is 11.5. The molecule has 0 saturated heterocycles. The number of hydrogen-bond donors (Lipinski definition) is 2. The highest BCUT2D eigenvalue weighted by atomic mass is 16.4. The molecule has 1 aromatic rings. The van der Waals surface area contributed by atoms with Crippen molar-refractivity contribution in [3.8, 4) is 0 Å². The molecule has 108 valence electrons. The first-order chi connectivity index (χ1) is 9.56. The molecular formula is C15H21N3O2. The fourth-order valence-corrected chi connectivity index (χ4v) is 5.24. The van der Waals surface area contributed by atoms with Gasteiger partial charge in [-0.15, -0.1) is 0 Å². The Kier molecular flexibility index (Phi) is 2.52. The molecule has 1 aromatic heterocycles. The largest absolute Gasteiger partial charge is 0.480 e. The first kappa shape index (κ1) is 12.4. The summed E-state index contributed by atoms with van der Waals surface area (Å²) in [5.74, 6) is 1.56. The molecule has 0 radical (unpaired) electrons. The van der Waals surface area contributed by atoms with E-state index < -0.39 is 12.0 Å². The Morgan fingerprint density at radius 3 is 2.35 bits per heavy atom. The number of hydrogen-bond acceptors (Lipinski definition) is 3. The van der Waals surface area contributed by atoms with Gasteiger partial charge in [-0.3, -0.25) is 9.48 Å². The van der Waals surface area contributed by atoms with E-state index in [0.29, 0.717) is 5.56 Å². The highest BCUT2D eigenvalue weighted by molar-refractivity contribution is 5.74. The van der Waals surface area contributed by atoms with Crippen molar-refractivity contribution in [2.75, 3.05) is 0 Å². The molecule has 3 N–H and O–H groups in total. The zero-order chi connectivity index (χ0) is 13.9. The minimum atomic E-state index is -0.991. The fraction of sp³-hybridized carbons (Fsp3) is 0.733. The smallest absolute Gasteiger partial charge is 0.325 e. The van der Waals surface area contributed by atoms with E-state index >= 15 is 0 Å². The number of carboxylic acid groups (broad SMARTS) is 1. The van der Waals surface area contributed by atoms with Gasteiger partial charge in [0.05, 0.1) is 11.7 Å². The van der Waals surface area contributed by atoms with Gasteiger partial charge < -0.3 is 10.8 Å². The molecule has 5 nitrogen and oxygen atoms in total. The third-order valence-corrected chi connectivity index (χ3v) is 5.72. The quantitative estimate of drug-likeness (QED) is 0.882. The summed E-state index contributed by atoms with van der Waals surface area (Å²) >= 11 is 0. The average Bonchev–Trinajstić information content (AvgIpc) is 2.86. The number of nitrogens with zero attached hydrogens (tertiary/aromatic N) is 2. The SMILES string of the molecule is NC(C(=O)O)c1cnn(C23CC4CC(CC(C4)C2)C3)c1. The van der Waals surface area contributed by atoms with E-state index in [1.165, 1.54) is 38.5 Å². The number of nitrogens with two attached hydrogens (primary N) is 1. The molecule has 4 fully saturated rings. The second-order valence-corrected chi connectivity index (χ2v) is 7.18. The van der Waals surface area contributed by atoms with Crippen LogP contribution in [0.15, 0.2) is 12.4 Å². The predicted molar refractivity (Wildman–Crippen MR) is 72.9 cm³/mol. The minimum Gasteiger partial charge on any atom is -0.480 e. The molecule has 1 heterocycles. The molecule has 4 aliphatic carbocycles. The molecule has 4 saturated carbocycles. The summed E-state index contributed by atoms with van der Waals surface area (Å²) in [5.41, 5.74) is 6.45. The van der Waals surface area contributed by atoms with E-state index in [-0.39, 0.29) is 5.54 Å². The monoisotopic (exact) mass is 275 g/mol. The van der Waals surface area contributed by atoms with Gasteiger partial charge in [-0.2, -0.15) is 5.10 Å². The molecule has 0 amide bonds. The van der Waals surface area contributed by atoms with E-state index in [4.69, 9.17) is 10.8 Å². The molecule has 20 heavy (non-hydrogen) atoms. The molecule has 4 aliphatic rings. The van der Waals surface area contributed by atoms with Crippen LogP contribution >= 0.6 is 0 Å². The Morgan fingerprint density at radius 1 is 1.30 bits per heavy atom. The fourth-order valence-electron chi connectivity index (χ4n) is 5.24. The maximum atomic E-state index is 11.0. The number of carbonyl (C=O) groups is 1. The van der Waals surface area contributed by atoms with Crippen LogP contribution in [0.1, 0.15) is 50.1 Å². The van der Waals surface area contributed by atoms with Crippen LogP contribution in [0.5, 0.6) is 0 Å². The first-order valence-corrected chi connectivity index (χ1v) is 7.59. The van der Waals surface area contributed by atoms with Crippen molar-refractivity contribution in [3.63, 3.8) is 0 Å². The van der Waals surface area contributed by atoms with Gasteiger partial charge in [-0.25, -0.2) is 0 Å². The zero-order valence-corrected chi connectivity index (χ0v) is 11.5. The first-order valence-electron chi connectivity index (χ1n) is 7.59. The van der Waals surface area contributed by atoms with Gasteiger partial charge in [-0.05, 0) is 56.3 Å². The molecule has 4 bridgehead atoms. The third kappa shape index (κ3) is 1.72. The number of rotatable bonds is 3. The normalized spacial score (nSPS) is 40.0. The molecule has 0 aliphatic heterocycles. The van der Waals surface area contributed by atoms with Gasteiger partial charge in [0.25, 0.3) is 0 Å². The van der Waals surface area contributed by atoms with Gasteiger partial charge >= 0.3 is 5.97 Å². The Labute approximate surface area is 118 Å². The van der Waals surface area contributed by atoms with Crippen molar-refractivity contribution in [1.29, 1.82) is 0 Å². The summed E-state index contributed by atoms with van der Waals surface area (Å²) < 4.78 is 2.05. The van der Waals surface area contributed by atoms with Gasteiger partial charge in [-0.1, -0.05) is 0 Å². The third-order valence-electron chi connectivity index (χ3n) is 5.72. The predicted octanol–water partition coefficient (Wildman–Crippen LogP) is 1.89. The van der Waals surface area contributed by atoms with Crippen LogP contribution in [0, 0.1) is 17.8 Å². The number of aliphatic carboxylic acids is 1. The second kappa shape index (κ2) is 4.07. The molecule has 0 spiro atoms. The van der Waals surface area contributed by atoms with Crippen molar-refractivity contribution in [3.05, 3.63) is 18.0 Å². The van der Waals surface area contributed by atoms with E-state index in [0.717, 1.165) is 17.8 Å². The number of carboxylic acids is 1. The van der Waals surface area contributed by atoms with Crippen molar-refractivity contribution < 1.29 is 9.90 Å². The van der Waals surface area contributed by atoms with Crippen molar-refractivity contribution in [1.82, 2.24) is 9.78 Å². The van der Waals surface area contributed by atoms with E-state index in [1.807, 2.05) is 6.20 Å². The standard InChI is InChI=1S/C15H21N3O2/c16-13(14(19)20)12-7-17-18(8-12)15-4-9-1-10(5-15)3-11(2-9)6-15/h7-11,13H,1-6,16H2,(H,19,20). The lowest BCUT2D eigenvalue weighted by atomic mass is 9.53. The summed E-state index contributed by atoms with van der Waals surface area (Å²) in [6.07, 6.45) is 11.3. The number of aromatic nitrogens is 2. The highest BCUT2D eigenvalue weighted by Crippen LogP contribution is 2.58. The topological polar surface area (TPSA) is 81.1 Å². The van der Waals surface area contributed by atoms with Crippen LogP contribution in [-0.2, 0) is 10.3 Å². The molecule has 5 rings (SSSR count). The molecule has 5 heteroatoms. The van der Waals surface area contributed by atoms with Gasteiger partial charge in [0.2, 0.25) is 0 Å². The molecule has 1 unspecified atom stereocenters. The van der Waals surface area contributed by atoms with Crippen LogP contribution in [0.2, 0.25) is 0 Å². The van der Waals surface area contributed by atoms with Crippen molar-refractivity contribution in [2.24, 2.45) is 23.5 Å². The van der Waals surface area contributed by atoms with Crippen molar-refractivity contribution in [2.45, 2.75) is 50.1 Å². The summed E-state index contributed by atoms with van der Waals surface area (Å²) in [5, 5.41) is 13.5. The lowest BCUT2D eigenvalue weighted by Crippen LogP contribution is -2.52. The van der Waals surface area contributed by atoms with Crippen LogP contribution < -0.4 is 5.73 Å². The summed E-state index contributed by atoms with van der Waals surface area (Å²) in [6.45, 7) is 0. The second-order valence-electron chi connectivity index (χ2n) is 7.18. The highest BCUT2D eigenvalue weighted by Gasteiger charge is 2.52. The maximum absolute atomic E-state index is 11.0. The Morgan fingerprint density at radius 2 is 1.85 bits per heavy atom. The molecule has 0 aromatic carbocycles. The van der Waals surface area contributed by atoms with Gasteiger partial charge in [0.1, 0.15) is 6.04 Å². The van der Waals surface area contributed by atoms with E-state index in [1.54, 1.807) is 6.20 Å². The Balaban J connectivity index is 1.66. The van der Waals surface area contributed by atoms with Crippen LogP contribution in [-0.4, -0.2) is 20.9 Å². The Hall–Kier alpha value is -1.36. The average molecular weight is 275 g/mol. The van der Waals surface area contributed by atoms with E-state index in [2.05, 4.69) is 9.78 Å². The maximum Gasteiger partial charge on any atom is 0.325 e. The lowest BCUT2D eigenvalue weighted by Gasteiger charge is -2.56. The molecular weight excluding hydrogens is 254 g/mol. The van der Waals surface area contributed by atoms with Gasteiger partial charge in [0, 0.05) is 11.8 Å². The summed E-state index contributed by atoms with van der Waals surface area (Å²) in [6, 6.07) is -0.960. The van der Waals surface area contributed by atoms with Crippen LogP contribution in [0.4, 0.5) is 0 Å². The summed E-state index contributed by atoms with van der Waals surface area (Å²) in [4.78, 5) is 11.0. The lowest BCUT2D eigenvalue weighted by molar-refractivity contribution is -0.138. The Bertz CT molecular complexity index is 516.